The SMILES string of the molecule is Cc1[nH]n(-c2ccc(S([NH3+])(=O)=O)cc2)c(=O)c1N=Nc1cc([N+](=O)[O-])ccc1O.Cc1[nH]n(-c2ccccc2)c(=O)c1N=Nc1cc([N+](=O)[O-])ccc1[O-].[Cr].[Na+]. The third-order valence-electron chi connectivity index (χ3n) is 7.39. The molecule has 4 aromatic carbocycles. The van der Waals surface area contributed by atoms with Gasteiger partial charge in [-0.25, -0.2) is 14.5 Å². The second kappa shape index (κ2) is 18.5. The molecule has 6 rings (SSSR count). The monoisotopic (exact) mass is 832 g/mol. The van der Waals surface area contributed by atoms with E-state index in [1.54, 1.807) is 38.1 Å². The van der Waals surface area contributed by atoms with Gasteiger partial charge < -0.3 is 10.2 Å². The van der Waals surface area contributed by atoms with Crippen LogP contribution in [0.3, 0.4) is 0 Å². The standard InChI is InChI=1S/C16H14N6O6S.C16H13N5O4.Cr.Na/c1-9-15(19-18-13-8-11(22(25)26)4-7-14(13)23)16(24)21(20-9)10-2-5-12(6-3-10)29(17,27)28;1-10-15(16(23)20(19-10)11-5-3-2-4-6-11)18-17-13-9-12(21(24)25)7-8-14(13)22;;/h2-8,20,23H,1H3,(H2,17,27,28);2-9,19,22H,1H3;;/q;;;+1. The van der Waals surface area contributed by atoms with Crippen LogP contribution >= 0.6 is 0 Å². The van der Waals surface area contributed by atoms with E-state index in [1.165, 1.54) is 28.9 Å². The maximum atomic E-state index is 12.6. The van der Waals surface area contributed by atoms with Crippen LogP contribution in [0.4, 0.5) is 34.1 Å². The summed E-state index contributed by atoms with van der Waals surface area (Å²) < 4.78 is 25.3. The quantitative estimate of drug-likeness (QED) is 0.0700. The van der Waals surface area contributed by atoms with Crippen LogP contribution in [-0.4, -0.2) is 42.9 Å². The maximum absolute atomic E-state index is 12.6. The Balaban J connectivity index is 0.000000293. The second-order valence-corrected chi connectivity index (χ2v) is 12.8. The Bertz CT molecular complexity index is 2690. The number of nitrogens with one attached hydrogen (secondary N) is 2. The summed E-state index contributed by atoms with van der Waals surface area (Å²) in [5.41, 5.74) is -0.251. The molecule has 56 heavy (non-hydrogen) atoms. The number of quaternary nitrogens is 1. The Kier molecular flexibility index (Phi) is 14.7. The van der Waals surface area contributed by atoms with Gasteiger partial charge in [-0.3, -0.25) is 40.0 Å². The van der Waals surface area contributed by atoms with E-state index in [-0.39, 0.29) is 91.7 Å². The van der Waals surface area contributed by atoms with Crippen molar-refractivity contribution in [1.82, 2.24) is 19.6 Å². The third-order valence-corrected chi connectivity index (χ3v) is 8.38. The number of hydrogen-bond donors (Lipinski definition) is 4. The van der Waals surface area contributed by atoms with E-state index in [9.17, 15) is 48.4 Å². The van der Waals surface area contributed by atoms with Gasteiger partial charge in [-0.05, 0) is 56.3 Å². The predicted octanol–water partition coefficient (Wildman–Crippen LogP) is 1.31. The first-order valence-electron chi connectivity index (χ1n) is 15.2. The largest absolute Gasteiger partial charge is 1.00 e. The fraction of sp³-hybridized carbons (Fsp3) is 0.0625. The zero-order chi connectivity index (χ0) is 39.3. The zero-order valence-electron chi connectivity index (χ0n) is 29.4. The smallest absolute Gasteiger partial charge is 0.871 e. The van der Waals surface area contributed by atoms with Gasteiger partial charge in [-0.15, -0.1) is 15.3 Å². The number of azo groups is 2. The van der Waals surface area contributed by atoms with Crippen molar-refractivity contribution < 1.29 is 80.5 Å². The number of phenols is 1. The molecule has 0 aliphatic carbocycles. The molecule has 2 heterocycles. The average molecular weight is 833 g/mol. The number of para-hydroxylation sites is 1. The summed E-state index contributed by atoms with van der Waals surface area (Å²) in [5.74, 6) is -0.858. The van der Waals surface area contributed by atoms with E-state index in [0.29, 0.717) is 22.8 Å². The Hall–Kier alpha value is -6.06. The number of aromatic nitrogens is 4. The molecular weight excluding hydrogens is 805 g/mol. The molecule has 0 atom stereocenters. The van der Waals surface area contributed by atoms with Crippen molar-refractivity contribution in [3.63, 3.8) is 0 Å². The maximum Gasteiger partial charge on any atom is 1.00 e. The normalized spacial score (nSPS) is 11.1. The Morgan fingerprint density at radius 1 is 0.696 bits per heavy atom. The predicted molar refractivity (Wildman–Crippen MR) is 188 cm³/mol. The number of nitro benzene ring substituents is 2. The van der Waals surface area contributed by atoms with Gasteiger partial charge in [-0.1, -0.05) is 30.0 Å². The molecule has 6 aromatic rings. The summed E-state index contributed by atoms with van der Waals surface area (Å²) in [6, 6.07) is 20.7. The molecule has 24 heteroatoms. The van der Waals surface area contributed by atoms with Gasteiger partial charge in [0, 0.05) is 41.6 Å². The van der Waals surface area contributed by atoms with E-state index in [1.807, 2.05) is 6.07 Å². The van der Waals surface area contributed by atoms with Crippen LogP contribution in [0.2, 0.25) is 0 Å². The van der Waals surface area contributed by atoms with E-state index < -0.39 is 36.7 Å². The fourth-order valence-electron chi connectivity index (χ4n) is 4.66. The molecule has 0 saturated heterocycles. The number of aryl methyl sites for hydroxylation is 2. The van der Waals surface area contributed by atoms with Crippen LogP contribution in [0.5, 0.6) is 11.5 Å². The van der Waals surface area contributed by atoms with Crippen molar-refractivity contribution in [2.75, 3.05) is 0 Å². The first kappa shape index (κ1) is 44.3. The molecule has 0 fully saturated rings. The number of sulfonamides is 1. The summed E-state index contributed by atoms with van der Waals surface area (Å²) in [7, 11) is -3.62. The van der Waals surface area contributed by atoms with Crippen LogP contribution in [0.15, 0.2) is 126 Å². The number of aromatic hydroxyl groups is 1. The van der Waals surface area contributed by atoms with Gasteiger partial charge in [0.15, 0.2) is 11.4 Å². The van der Waals surface area contributed by atoms with Gasteiger partial charge in [0.2, 0.25) is 0 Å². The number of rotatable bonds is 9. The molecule has 21 nitrogen and oxygen atoms in total. The van der Waals surface area contributed by atoms with E-state index in [2.05, 4.69) is 35.8 Å². The molecule has 6 N–H and O–H groups in total. The van der Waals surface area contributed by atoms with Crippen LogP contribution in [0.25, 0.3) is 11.4 Å². The summed E-state index contributed by atoms with van der Waals surface area (Å²) >= 11 is 0. The van der Waals surface area contributed by atoms with Crippen LogP contribution in [-0.2, 0) is 27.4 Å². The number of nitro groups is 2. The van der Waals surface area contributed by atoms with Crippen LogP contribution in [0, 0.1) is 34.1 Å². The summed E-state index contributed by atoms with van der Waals surface area (Å²) in [5, 5.41) is 67.0. The Morgan fingerprint density at radius 2 is 1.14 bits per heavy atom. The zero-order valence-corrected chi connectivity index (χ0v) is 33.5. The van der Waals surface area contributed by atoms with Crippen molar-refractivity contribution in [1.29, 1.82) is 0 Å². The molecule has 0 amide bonds. The third kappa shape index (κ3) is 10.2. The van der Waals surface area contributed by atoms with Crippen molar-refractivity contribution >= 4 is 44.1 Å². The number of benzene rings is 4. The number of non-ortho nitro benzene ring substituents is 2. The Morgan fingerprint density at radius 3 is 1.62 bits per heavy atom. The van der Waals surface area contributed by atoms with Gasteiger partial charge >= 0.3 is 39.6 Å². The molecule has 0 aliphatic rings. The van der Waals surface area contributed by atoms with E-state index in [4.69, 9.17) is 0 Å². The van der Waals surface area contributed by atoms with Crippen LogP contribution in [0.1, 0.15) is 11.4 Å². The average Bonchev–Trinajstić information content (AvgIpc) is 3.59. The molecule has 0 saturated carbocycles. The van der Waals surface area contributed by atoms with Gasteiger partial charge in [0.05, 0.1) is 38.3 Å². The van der Waals surface area contributed by atoms with E-state index in [0.717, 1.165) is 41.1 Å². The molecule has 2 aromatic heterocycles. The first-order chi connectivity index (χ1) is 25.5. The fourth-order valence-corrected chi connectivity index (χ4v) is 5.22. The van der Waals surface area contributed by atoms with Gasteiger partial charge in [0.25, 0.3) is 22.5 Å². The van der Waals surface area contributed by atoms with Crippen molar-refractivity contribution in [3.8, 4) is 22.9 Å². The molecule has 282 valence electrons. The number of aromatic amines is 2. The van der Waals surface area contributed by atoms with Gasteiger partial charge in [-0.2, -0.15) is 13.5 Å². The summed E-state index contributed by atoms with van der Waals surface area (Å²) in [6.07, 6.45) is 0. The molecule has 0 aliphatic heterocycles. The molecular formula is C32H27CrN11NaO10S+. The first-order valence-corrected chi connectivity index (χ1v) is 16.8. The molecule has 0 spiro atoms. The minimum Gasteiger partial charge on any atom is -0.871 e. The minimum atomic E-state index is -3.62. The van der Waals surface area contributed by atoms with Gasteiger partial charge in [0.1, 0.15) is 16.3 Å². The molecule has 0 bridgehead atoms. The topological polar surface area (TPSA) is 316 Å². The van der Waals surface area contributed by atoms with Crippen molar-refractivity contribution in [2.45, 2.75) is 18.7 Å². The second-order valence-electron chi connectivity index (χ2n) is 11.1. The van der Waals surface area contributed by atoms with Crippen molar-refractivity contribution in [2.24, 2.45) is 20.5 Å². The summed E-state index contributed by atoms with van der Waals surface area (Å²) in [4.78, 5) is 45.4. The molecule has 0 radical (unpaired) electrons. The number of phenolic OH excluding ortho intramolecular Hbond substituents is 1. The Labute approximate surface area is 347 Å². The number of nitrogens with zero attached hydrogens (tertiary/aromatic N) is 8. The number of H-pyrrole nitrogens is 2. The van der Waals surface area contributed by atoms with Crippen molar-refractivity contribution in [3.05, 3.63) is 143 Å². The summed E-state index contributed by atoms with van der Waals surface area (Å²) in [6.45, 7) is 3.20. The van der Waals surface area contributed by atoms with Crippen LogP contribution < -0.4 is 50.9 Å². The minimum absolute atomic E-state index is 0. The number of hydrogen-bond acceptors (Lipinski definition) is 14. The van der Waals surface area contributed by atoms with E-state index >= 15 is 0 Å². The molecule has 0 unspecified atom stereocenters.